The van der Waals surface area contributed by atoms with Crippen molar-refractivity contribution in [2.45, 2.75) is 17.8 Å². The lowest BCUT2D eigenvalue weighted by Crippen LogP contribution is -2.13. The standard InChI is InChI=1S/C17H16Cl2N6S/c1-11-3-2-4-12(7-11)10-26-17-24-23-16(25(17)20)22-21-9-13-5-6-14(18)8-15(13)19/h2-9H,10,20H2,1H3,(H,22,23)/b21-9+. The van der Waals surface area contributed by atoms with Crippen LogP contribution in [0.3, 0.4) is 0 Å². The van der Waals surface area contributed by atoms with Crippen molar-refractivity contribution in [2.75, 3.05) is 11.3 Å². The summed E-state index contributed by atoms with van der Waals surface area (Å²) in [5.74, 6) is 7.10. The molecule has 0 spiro atoms. The number of thioether (sulfide) groups is 1. The zero-order valence-electron chi connectivity index (χ0n) is 13.9. The van der Waals surface area contributed by atoms with E-state index in [1.807, 2.05) is 6.07 Å². The number of anilines is 1. The fourth-order valence-corrected chi connectivity index (χ4v) is 3.42. The topological polar surface area (TPSA) is 81.1 Å². The molecule has 0 fully saturated rings. The first-order valence-corrected chi connectivity index (χ1v) is 9.40. The van der Waals surface area contributed by atoms with E-state index in [0.29, 0.717) is 21.2 Å². The van der Waals surface area contributed by atoms with Gasteiger partial charge in [0.25, 0.3) is 5.95 Å². The molecule has 0 atom stereocenters. The summed E-state index contributed by atoms with van der Waals surface area (Å²) in [6.45, 7) is 2.06. The van der Waals surface area contributed by atoms with Crippen LogP contribution in [0.4, 0.5) is 5.95 Å². The molecule has 3 rings (SSSR count). The maximum atomic E-state index is 6.09. The minimum atomic E-state index is 0.332. The minimum absolute atomic E-state index is 0.332. The van der Waals surface area contributed by atoms with Crippen LogP contribution >= 0.6 is 35.0 Å². The number of hydrazone groups is 1. The fraction of sp³-hybridized carbons (Fsp3) is 0.118. The zero-order chi connectivity index (χ0) is 18.5. The maximum Gasteiger partial charge on any atom is 0.264 e. The fourth-order valence-electron chi connectivity index (χ4n) is 2.17. The van der Waals surface area contributed by atoms with Crippen LogP contribution in [0.5, 0.6) is 0 Å². The lowest BCUT2D eigenvalue weighted by Gasteiger charge is -2.04. The number of nitrogens with two attached hydrogens (primary N) is 1. The number of benzene rings is 2. The van der Waals surface area contributed by atoms with E-state index < -0.39 is 0 Å². The third-order valence-corrected chi connectivity index (χ3v) is 5.02. The molecule has 2 aromatic carbocycles. The van der Waals surface area contributed by atoms with Crippen molar-refractivity contribution in [1.29, 1.82) is 0 Å². The first kappa shape index (κ1) is 18.6. The summed E-state index contributed by atoms with van der Waals surface area (Å²) in [6.07, 6.45) is 1.56. The van der Waals surface area contributed by atoms with Gasteiger partial charge in [-0.2, -0.15) is 5.10 Å². The predicted molar refractivity (Wildman–Crippen MR) is 109 cm³/mol. The molecule has 134 valence electrons. The Hall–Kier alpha value is -2.22. The van der Waals surface area contributed by atoms with Crippen LogP contribution in [0.1, 0.15) is 16.7 Å². The van der Waals surface area contributed by atoms with Crippen LogP contribution < -0.4 is 11.3 Å². The van der Waals surface area contributed by atoms with Crippen molar-refractivity contribution in [1.82, 2.24) is 14.9 Å². The number of hydrogen-bond donors (Lipinski definition) is 2. The Morgan fingerprint density at radius 2 is 2.08 bits per heavy atom. The number of nitrogens with one attached hydrogen (secondary N) is 1. The average Bonchev–Trinajstić information content (AvgIpc) is 2.95. The van der Waals surface area contributed by atoms with Crippen molar-refractivity contribution in [3.8, 4) is 0 Å². The second-order valence-corrected chi connectivity index (χ2v) is 7.28. The van der Waals surface area contributed by atoms with E-state index in [0.717, 1.165) is 11.3 Å². The third kappa shape index (κ3) is 4.69. The van der Waals surface area contributed by atoms with Crippen LogP contribution in [0.15, 0.2) is 52.7 Å². The smallest absolute Gasteiger partial charge is 0.264 e. The van der Waals surface area contributed by atoms with Crippen molar-refractivity contribution in [3.05, 3.63) is 69.2 Å². The van der Waals surface area contributed by atoms with Gasteiger partial charge in [-0.05, 0) is 24.6 Å². The number of hydrogen-bond acceptors (Lipinski definition) is 6. The van der Waals surface area contributed by atoms with Gasteiger partial charge in [0, 0.05) is 16.3 Å². The number of halogens is 2. The van der Waals surface area contributed by atoms with Crippen LogP contribution in [0.2, 0.25) is 10.0 Å². The highest BCUT2D eigenvalue weighted by atomic mass is 35.5. The van der Waals surface area contributed by atoms with Crippen molar-refractivity contribution in [2.24, 2.45) is 5.10 Å². The molecule has 0 aliphatic carbocycles. The van der Waals surface area contributed by atoms with Gasteiger partial charge in [0.1, 0.15) is 0 Å². The van der Waals surface area contributed by atoms with Gasteiger partial charge < -0.3 is 5.84 Å². The highest BCUT2D eigenvalue weighted by Gasteiger charge is 2.09. The van der Waals surface area contributed by atoms with Crippen LogP contribution in [0.25, 0.3) is 0 Å². The summed E-state index contributed by atoms with van der Waals surface area (Å²) in [4.78, 5) is 0. The zero-order valence-corrected chi connectivity index (χ0v) is 16.2. The van der Waals surface area contributed by atoms with Gasteiger partial charge in [-0.1, -0.05) is 70.9 Å². The quantitative estimate of drug-likeness (QED) is 0.275. The maximum absolute atomic E-state index is 6.09. The lowest BCUT2D eigenvalue weighted by molar-refractivity contribution is 0.847. The molecule has 26 heavy (non-hydrogen) atoms. The molecular weight excluding hydrogens is 391 g/mol. The summed E-state index contributed by atoms with van der Waals surface area (Å²) >= 11 is 13.5. The van der Waals surface area contributed by atoms with Crippen molar-refractivity contribution >= 4 is 47.1 Å². The second kappa shape index (κ2) is 8.44. The SMILES string of the molecule is Cc1cccc(CSc2nnc(N/N=C/c3ccc(Cl)cc3Cl)n2N)c1. The summed E-state index contributed by atoms with van der Waals surface area (Å²) in [5.41, 5.74) is 5.90. The van der Waals surface area contributed by atoms with E-state index >= 15 is 0 Å². The van der Waals surface area contributed by atoms with Gasteiger partial charge in [0.15, 0.2) is 0 Å². The summed E-state index contributed by atoms with van der Waals surface area (Å²) in [7, 11) is 0. The predicted octanol–water partition coefficient (Wildman–Crippen LogP) is 4.35. The second-order valence-electron chi connectivity index (χ2n) is 5.49. The highest BCUT2D eigenvalue weighted by Crippen LogP contribution is 2.22. The Bertz CT molecular complexity index is 941. The molecule has 6 nitrogen and oxygen atoms in total. The largest absolute Gasteiger partial charge is 0.334 e. The van der Waals surface area contributed by atoms with E-state index in [2.05, 4.69) is 45.8 Å². The average molecular weight is 407 g/mol. The Labute approximate surface area is 165 Å². The molecule has 0 bridgehead atoms. The van der Waals surface area contributed by atoms with E-state index in [9.17, 15) is 0 Å². The molecule has 3 N–H and O–H groups in total. The van der Waals surface area contributed by atoms with Gasteiger partial charge in [-0.15, -0.1) is 10.2 Å². The lowest BCUT2D eigenvalue weighted by atomic mass is 10.2. The van der Waals surface area contributed by atoms with Gasteiger partial charge in [0.2, 0.25) is 5.16 Å². The van der Waals surface area contributed by atoms with Gasteiger partial charge in [0.05, 0.1) is 11.2 Å². The number of nitrogen functional groups attached to an aromatic ring is 1. The molecule has 1 aromatic heterocycles. The number of rotatable bonds is 6. The molecule has 0 unspecified atom stereocenters. The molecule has 0 aliphatic heterocycles. The molecule has 0 saturated carbocycles. The molecule has 1 heterocycles. The van der Waals surface area contributed by atoms with Gasteiger partial charge in [-0.25, -0.2) is 10.1 Å². The highest BCUT2D eigenvalue weighted by molar-refractivity contribution is 7.98. The van der Waals surface area contributed by atoms with Gasteiger partial charge in [-0.3, -0.25) is 0 Å². The van der Waals surface area contributed by atoms with E-state index in [1.54, 1.807) is 24.4 Å². The Balaban J connectivity index is 1.62. The molecule has 0 aliphatic rings. The first-order chi connectivity index (χ1) is 12.5. The summed E-state index contributed by atoms with van der Waals surface area (Å²) < 4.78 is 1.36. The monoisotopic (exact) mass is 406 g/mol. The van der Waals surface area contributed by atoms with E-state index in [-0.39, 0.29) is 0 Å². The van der Waals surface area contributed by atoms with E-state index in [1.165, 1.54) is 27.6 Å². The van der Waals surface area contributed by atoms with Crippen molar-refractivity contribution in [3.63, 3.8) is 0 Å². The Kier molecular flexibility index (Phi) is 6.03. The number of aromatic nitrogens is 3. The molecule has 0 radical (unpaired) electrons. The molecule has 3 aromatic rings. The number of nitrogens with zero attached hydrogens (tertiary/aromatic N) is 4. The molecule has 0 amide bonds. The minimum Gasteiger partial charge on any atom is -0.334 e. The molecule has 0 saturated heterocycles. The van der Waals surface area contributed by atoms with Crippen molar-refractivity contribution < 1.29 is 0 Å². The normalized spacial score (nSPS) is 11.2. The first-order valence-electron chi connectivity index (χ1n) is 7.66. The third-order valence-electron chi connectivity index (χ3n) is 3.45. The number of aryl methyl sites for hydroxylation is 1. The van der Waals surface area contributed by atoms with Crippen LogP contribution in [-0.4, -0.2) is 21.1 Å². The summed E-state index contributed by atoms with van der Waals surface area (Å²) in [6, 6.07) is 13.4. The van der Waals surface area contributed by atoms with Gasteiger partial charge >= 0.3 is 0 Å². The van der Waals surface area contributed by atoms with Crippen LogP contribution in [0, 0.1) is 6.92 Å². The van der Waals surface area contributed by atoms with E-state index in [4.69, 9.17) is 29.0 Å². The Morgan fingerprint density at radius 3 is 2.85 bits per heavy atom. The Morgan fingerprint density at radius 1 is 1.23 bits per heavy atom. The summed E-state index contributed by atoms with van der Waals surface area (Å²) in [5, 5.41) is 13.8. The molecular formula is C17H16Cl2N6S. The van der Waals surface area contributed by atoms with Crippen LogP contribution in [-0.2, 0) is 5.75 Å². The molecule has 9 heteroatoms.